The van der Waals surface area contributed by atoms with Crippen LogP contribution in [-0.2, 0) is 11.2 Å². The van der Waals surface area contributed by atoms with Gasteiger partial charge in [-0.25, -0.2) is 0 Å². The van der Waals surface area contributed by atoms with E-state index in [0.717, 1.165) is 54.6 Å². The van der Waals surface area contributed by atoms with Gasteiger partial charge in [0.15, 0.2) is 0 Å². The third-order valence-corrected chi connectivity index (χ3v) is 7.48. The summed E-state index contributed by atoms with van der Waals surface area (Å²) in [5, 5.41) is 8.81. The van der Waals surface area contributed by atoms with Crippen molar-refractivity contribution in [1.82, 2.24) is 0 Å². The van der Waals surface area contributed by atoms with Gasteiger partial charge in [0.2, 0.25) is 0 Å². The zero-order valence-corrected chi connectivity index (χ0v) is 22.3. The van der Waals surface area contributed by atoms with Crippen LogP contribution in [0.15, 0.2) is 0 Å². The van der Waals surface area contributed by atoms with Gasteiger partial charge in [0.25, 0.3) is 0 Å². The van der Waals surface area contributed by atoms with Gasteiger partial charge < -0.3 is 14.6 Å². The van der Waals surface area contributed by atoms with Crippen LogP contribution in [0.25, 0.3) is 0 Å². The minimum Gasteiger partial charge on any atom is -0.493 e. The minimum atomic E-state index is -0.743. The first-order valence-electron chi connectivity index (χ1n) is 13.2. The van der Waals surface area contributed by atoms with Crippen LogP contribution >= 0.6 is 0 Å². The van der Waals surface area contributed by atoms with Crippen molar-refractivity contribution in [2.45, 2.75) is 125 Å². The summed E-state index contributed by atoms with van der Waals surface area (Å²) in [5.74, 6) is 2.90. The molecule has 1 aliphatic rings. The summed E-state index contributed by atoms with van der Waals surface area (Å²) in [4.78, 5) is 10.7. The molecule has 1 aromatic carbocycles. The van der Waals surface area contributed by atoms with E-state index in [0.29, 0.717) is 13.0 Å². The summed E-state index contributed by atoms with van der Waals surface area (Å²) in [7, 11) is 0. The Morgan fingerprint density at radius 3 is 2.36 bits per heavy atom. The molecule has 188 valence electrons. The lowest BCUT2D eigenvalue weighted by Crippen LogP contribution is -2.37. The number of benzene rings is 1. The normalized spacial score (nSPS) is 18.7. The largest absolute Gasteiger partial charge is 0.493 e. The lowest BCUT2D eigenvalue weighted by atomic mass is 9.84. The Morgan fingerprint density at radius 2 is 1.70 bits per heavy atom. The summed E-state index contributed by atoms with van der Waals surface area (Å²) in [6.07, 6.45) is 11.3. The highest BCUT2D eigenvalue weighted by atomic mass is 16.5. The summed E-state index contributed by atoms with van der Waals surface area (Å²) in [6, 6.07) is 0. The van der Waals surface area contributed by atoms with Crippen LogP contribution in [0, 0.1) is 32.6 Å². The van der Waals surface area contributed by atoms with Crippen molar-refractivity contribution < 1.29 is 19.4 Å². The number of carboxylic acids is 1. The molecule has 0 radical (unpaired) electrons. The van der Waals surface area contributed by atoms with E-state index in [1.165, 1.54) is 48.8 Å². The van der Waals surface area contributed by atoms with E-state index in [2.05, 4.69) is 48.5 Å². The number of aliphatic carboxylic acids is 1. The molecule has 1 aromatic rings. The monoisotopic (exact) mass is 460 g/mol. The quantitative estimate of drug-likeness (QED) is 0.286. The Bertz CT molecular complexity index is 783. The Kier molecular flexibility index (Phi) is 10.6. The molecule has 0 saturated carbocycles. The number of rotatable bonds is 14. The predicted octanol–water partition coefficient (Wildman–Crippen LogP) is 7.96. The molecule has 1 heterocycles. The maximum Gasteiger partial charge on any atom is 0.303 e. The highest BCUT2D eigenvalue weighted by Crippen LogP contribution is 2.45. The average Bonchev–Trinajstić information content (AvgIpc) is 2.73. The van der Waals surface area contributed by atoms with Gasteiger partial charge in [-0.1, -0.05) is 46.5 Å². The van der Waals surface area contributed by atoms with Gasteiger partial charge in [-0.15, -0.1) is 0 Å². The third-order valence-electron chi connectivity index (χ3n) is 7.48. The van der Waals surface area contributed by atoms with Crippen molar-refractivity contribution in [3.63, 3.8) is 0 Å². The fourth-order valence-corrected chi connectivity index (χ4v) is 5.07. The molecule has 33 heavy (non-hydrogen) atoms. The fourth-order valence-electron chi connectivity index (χ4n) is 5.07. The first-order chi connectivity index (χ1) is 15.5. The SMILES string of the molecule is Cc1c(C)c2c(c(C)c1OCCCCC(=O)O)CCC(C)(CCCC(C)CCCC(C)C)O2. The van der Waals surface area contributed by atoms with Crippen LogP contribution in [0.3, 0.4) is 0 Å². The Labute approximate surface area is 202 Å². The van der Waals surface area contributed by atoms with Crippen molar-refractivity contribution >= 4 is 5.97 Å². The maximum atomic E-state index is 10.7. The lowest BCUT2D eigenvalue weighted by molar-refractivity contribution is -0.137. The van der Waals surface area contributed by atoms with E-state index in [4.69, 9.17) is 14.6 Å². The van der Waals surface area contributed by atoms with Crippen LogP contribution in [0.2, 0.25) is 0 Å². The second-order valence-electron chi connectivity index (χ2n) is 11.1. The van der Waals surface area contributed by atoms with Crippen molar-refractivity contribution in [1.29, 1.82) is 0 Å². The number of unbranched alkanes of at least 4 members (excludes halogenated alkanes) is 1. The van der Waals surface area contributed by atoms with Gasteiger partial charge in [-0.3, -0.25) is 4.79 Å². The van der Waals surface area contributed by atoms with Crippen LogP contribution in [-0.4, -0.2) is 23.3 Å². The van der Waals surface area contributed by atoms with Gasteiger partial charge >= 0.3 is 5.97 Å². The summed E-state index contributed by atoms with van der Waals surface area (Å²) < 4.78 is 12.8. The average molecular weight is 461 g/mol. The molecule has 0 aliphatic carbocycles. The van der Waals surface area contributed by atoms with E-state index in [-0.39, 0.29) is 12.0 Å². The van der Waals surface area contributed by atoms with Gasteiger partial charge in [0.1, 0.15) is 17.1 Å². The second kappa shape index (κ2) is 12.7. The van der Waals surface area contributed by atoms with Crippen molar-refractivity contribution in [2.24, 2.45) is 11.8 Å². The zero-order valence-electron chi connectivity index (χ0n) is 22.3. The first kappa shape index (κ1) is 27.5. The van der Waals surface area contributed by atoms with Crippen LogP contribution < -0.4 is 9.47 Å². The number of carbonyl (C=O) groups is 1. The van der Waals surface area contributed by atoms with E-state index in [1.54, 1.807) is 0 Å². The molecule has 0 spiro atoms. The number of carboxylic acid groups (broad SMARTS) is 1. The molecule has 0 saturated heterocycles. The van der Waals surface area contributed by atoms with Crippen molar-refractivity contribution in [3.05, 3.63) is 22.3 Å². The molecule has 2 rings (SSSR count). The number of hydrogen-bond donors (Lipinski definition) is 1. The molecule has 2 atom stereocenters. The molecule has 2 unspecified atom stereocenters. The van der Waals surface area contributed by atoms with Crippen LogP contribution in [0.4, 0.5) is 0 Å². The highest BCUT2D eigenvalue weighted by Gasteiger charge is 2.34. The molecule has 1 aliphatic heterocycles. The highest BCUT2D eigenvalue weighted by molar-refractivity contribution is 5.66. The van der Waals surface area contributed by atoms with Crippen LogP contribution in [0.1, 0.15) is 114 Å². The lowest BCUT2D eigenvalue weighted by Gasteiger charge is -2.38. The maximum absolute atomic E-state index is 10.7. The molecule has 4 heteroatoms. The second-order valence-corrected chi connectivity index (χ2v) is 11.1. The fraction of sp³-hybridized carbons (Fsp3) is 0.759. The van der Waals surface area contributed by atoms with E-state index < -0.39 is 5.97 Å². The van der Waals surface area contributed by atoms with Crippen LogP contribution in [0.5, 0.6) is 11.5 Å². The molecule has 4 nitrogen and oxygen atoms in total. The molecule has 0 aromatic heterocycles. The van der Waals surface area contributed by atoms with Crippen molar-refractivity contribution in [2.75, 3.05) is 6.61 Å². The minimum absolute atomic E-state index is 0.0898. The number of ether oxygens (including phenoxy) is 2. The smallest absolute Gasteiger partial charge is 0.303 e. The molecular weight excluding hydrogens is 412 g/mol. The first-order valence-corrected chi connectivity index (χ1v) is 13.2. The molecule has 0 amide bonds. The zero-order chi connectivity index (χ0) is 24.6. The summed E-state index contributed by atoms with van der Waals surface area (Å²) in [6.45, 7) is 16.3. The number of fused-ring (bicyclic) bond motifs is 1. The van der Waals surface area contributed by atoms with Gasteiger partial charge in [-0.05, 0) is 94.7 Å². The van der Waals surface area contributed by atoms with Gasteiger partial charge in [-0.2, -0.15) is 0 Å². The standard InChI is InChI=1S/C29H48O4/c1-20(2)12-10-13-21(3)14-11-17-29(7)18-16-25-24(6)27(22(4)23(5)28(25)33-29)32-19-9-8-15-26(30)31/h20-21H,8-19H2,1-7H3,(H,30,31). The van der Waals surface area contributed by atoms with Gasteiger partial charge in [0.05, 0.1) is 6.61 Å². The molecular formula is C29H48O4. The van der Waals surface area contributed by atoms with Gasteiger partial charge in [0, 0.05) is 12.0 Å². The Morgan fingerprint density at radius 1 is 1.00 bits per heavy atom. The van der Waals surface area contributed by atoms with E-state index >= 15 is 0 Å². The Hall–Kier alpha value is -1.71. The molecule has 0 bridgehead atoms. The number of hydrogen-bond acceptors (Lipinski definition) is 3. The third kappa shape index (κ3) is 8.22. The van der Waals surface area contributed by atoms with E-state index in [1.807, 2.05) is 0 Å². The molecule has 0 fully saturated rings. The summed E-state index contributed by atoms with van der Waals surface area (Å²) in [5.41, 5.74) is 4.72. The predicted molar refractivity (Wildman–Crippen MR) is 137 cm³/mol. The summed E-state index contributed by atoms with van der Waals surface area (Å²) >= 11 is 0. The molecule has 1 N–H and O–H groups in total. The topological polar surface area (TPSA) is 55.8 Å². The van der Waals surface area contributed by atoms with E-state index in [9.17, 15) is 4.79 Å². The van der Waals surface area contributed by atoms with Crippen molar-refractivity contribution in [3.8, 4) is 11.5 Å². The Balaban J connectivity index is 1.95.